The van der Waals surface area contributed by atoms with Crippen LogP contribution in [0.1, 0.15) is 32.8 Å². The van der Waals surface area contributed by atoms with E-state index in [1.807, 2.05) is 6.07 Å². The van der Waals surface area contributed by atoms with Crippen LogP contribution >= 0.6 is 11.6 Å². The molecule has 0 aliphatic rings. The Labute approximate surface area is 115 Å². The van der Waals surface area contributed by atoms with E-state index in [0.717, 1.165) is 31.5 Å². The van der Waals surface area contributed by atoms with Crippen molar-refractivity contribution in [2.24, 2.45) is 11.8 Å². The van der Waals surface area contributed by atoms with Crippen LogP contribution in [0.3, 0.4) is 0 Å². The monoisotopic (exact) mass is 271 g/mol. The molecule has 0 saturated carbocycles. The van der Waals surface area contributed by atoms with Gasteiger partial charge in [0.15, 0.2) is 0 Å². The minimum atomic E-state index is -0.342. The fourth-order valence-electron chi connectivity index (χ4n) is 1.98. The summed E-state index contributed by atoms with van der Waals surface area (Å²) in [6, 6.07) is 5.02. The maximum Gasteiger partial charge on any atom is 0.141 e. The third-order valence-corrected chi connectivity index (χ3v) is 3.55. The molecule has 1 nitrogen and oxygen atoms in total. The molecule has 0 saturated heterocycles. The predicted octanol–water partition coefficient (Wildman–Crippen LogP) is 4.29. The maximum atomic E-state index is 13.1. The molecule has 0 heterocycles. The van der Waals surface area contributed by atoms with Crippen molar-refractivity contribution in [3.05, 3.63) is 34.6 Å². The van der Waals surface area contributed by atoms with Gasteiger partial charge in [-0.05, 0) is 55.5 Å². The largest absolute Gasteiger partial charge is 0.316 e. The summed E-state index contributed by atoms with van der Waals surface area (Å²) in [5.74, 6) is 0.807. The van der Waals surface area contributed by atoms with Crippen LogP contribution in [0.5, 0.6) is 0 Å². The van der Waals surface area contributed by atoms with Gasteiger partial charge in [-0.1, -0.05) is 38.4 Å². The Morgan fingerprint density at radius 1 is 1.33 bits per heavy atom. The highest BCUT2D eigenvalue weighted by molar-refractivity contribution is 6.30. The number of rotatable bonds is 7. The lowest BCUT2D eigenvalue weighted by Crippen LogP contribution is -2.28. The summed E-state index contributed by atoms with van der Waals surface area (Å²) >= 11 is 5.81. The summed E-state index contributed by atoms with van der Waals surface area (Å²) < 4.78 is 13.1. The SMILES string of the molecule is CCCNCC(Cc1ccc(F)c(Cl)c1)C(C)C. The first kappa shape index (κ1) is 15.5. The lowest BCUT2D eigenvalue weighted by atomic mass is 9.89. The molecule has 0 fully saturated rings. The molecule has 102 valence electrons. The van der Waals surface area contributed by atoms with E-state index in [0.29, 0.717) is 11.8 Å². The molecule has 1 aromatic carbocycles. The molecule has 1 unspecified atom stereocenters. The van der Waals surface area contributed by atoms with Crippen LogP contribution in [0.15, 0.2) is 18.2 Å². The Bertz CT molecular complexity index is 366. The van der Waals surface area contributed by atoms with Crippen LogP contribution in [0.25, 0.3) is 0 Å². The average molecular weight is 272 g/mol. The second-order valence-corrected chi connectivity index (χ2v) is 5.57. The van der Waals surface area contributed by atoms with E-state index in [-0.39, 0.29) is 10.8 Å². The normalized spacial score (nSPS) is 13.0. The molecule has 1 aromatic rings. The first-order chi connectivity index (χ1) is 8.54. The van der Waals surface area contributed by atoms with Gasteiger partial charge >= 0.3 is 0 Å². The molecular weight excluding hydrogens is 249 g/mol. The van der Waals surface area contributed by atoms with Gasteiger partial charge in [0.1, 0.15) is 5.82 Å². The summed E-state index contributed by atoms with van der Waals surface area (Å²) in [5.41, 5.74) is 1.11. The van der Waals surface area contributed by atoms with Gasteiger partial charge in [0.25, 0.3) is 0 Å². The van der Waals surface area contributed by atoms with E-state index < -0.39 is 0 Å². The highest BCUT2D eigenvalue weighted by Gasteiger charge is 2.14. The quantitative estimate of drug-likeness (QED) is 0.730. The van der Waals surface area contributed by atoms with E-state index in [9.17, 15) is 4.39 Å². The van der Waals surface area contributed by atoms with Crippen molar-refractivity contribution in [3.63, 3.8) is 0 Å². The Balaban J connectivity index is 2.61. The molecule has 0 radical (unpaired) electrons. The summed E-state index contributed by atoms with van der Waals surface area (Å²) in [6.07, 6.45) is 2.08. The Kier molecular flexibility index (Phi) is 6.66. The first-order valence-corrected chi connectivity index (χ1v) is 7.07. The van der Waals surface area contributed by atoms with E-state index in [1.54, 1.807) is 6.07 Å². The topological polar surface area (TPSA) is 12.0 Å². The van der Waals surface area contributed by atoms with Crippen LogP contribution in [-0.2, 0) is 6.42 Å². The Hall–Kier alpha value is -0.600. The summed E-state index contributed by atoms with van der Waals surface area (Å²) in [7, 11) is 0. The summed E-state index contributed by atoms with van der Waals surface area (Å²) in [5, 5.41) is 3.67. The predicted molar refractivity (Wildman–Crippen MR) is 76.6 cm³/mol. The molecular formula is C15H23ClFN. The van der Waals surface area contributed by atoms with Gasteiger partial charge in [-0.3, -0.25) is 0 Å². The van der Waals surface area contributed by atoms with Crippen LogP contribution in [0.4, 0.5) is 4.39 Å². The fourth-order valence-corrected chi connectivity index (χ4v) is 2.18. The minimum absolute atomic E-state index is 0.219. The molecule has 0 aliphatic carbocycles. The molecule has 0 aliphatic heterocycles. The van der Waals surface area contributed by atoms with Crippen molar-refractivity contribution in [1.82, 2.24) is 5.32 Å². The van der Waals surface area contributed by atoms with E-state index in [2.05, 4.69) is 26.1 Å². The van der Waals surface area contributed by atoms with E-state index >= 15 is 0 Å². The van der Waals surface area contributed by atoms with Crippen molar-refractivity contribution in [2.45, 2.75) is 33.6 Å². The highest BCUT2D eigenvalue weighted by atomic mass is 35.5. The molecule has 1 N–H and O–H groups in total. The summed E-state index contributed by atoms with van der Waals surface area (Å²) in [6.45, 7) is 8.66. The summed E-state index contributed by atoms with van der Waals surface area (Å²) in [4.78, 5) is 0. The zero-order chi connectivity index (χ0) is 13.5. The smallest absolute Gasteiger partial charge is 0.141 e. The zero-order valence-electron chi connectivity index (χ0n) is 11.5. The number of hydrogen-bond acceptors (Lipinski definition) is 1. The van der Waals surface area contributed by atoms with E-state index in [4.69, 9.17) is 11.6 Å². The number of hydrogen-bond donors (Lipinski definition) is 1. The molecule has 0 bridgehead atoms. The molecule has 0 aromatic heterocycles. The average Bonchev–Trinajstić information content (AvgIpc) is 2.32. The van der Waals surface area contributed by atoms with Crippen LogP contribution in [0, 0.1) is 17.7 Å². The maximum absolute atomic E-state index is 13.1. The lowest BCUT2D eigenvalue weighted by Gasteiger charge is -2.21. The second-order valence-electron chi connectivity index (χ2n) is 5.16. The van der Waals surface area contributed by atoms with Gasteiger partial charge in [0, 0.05) is 0 Å². The Morgan fingerprint density at radius 2 is 2.06 bits per heavy atom. The van der Waals surface area contributed by atoms with Crippen LogP contribution < -0.4 is 5.32 Å². The van der Waals surface area contributed by atoms with Crippen molar-refractivity contribution in [1.29, 1.82) is 0 Å². The molecule has 3 heteroatoms. The molecule has 0 amide bonds. The zero-order valence-corrected chi connectivity index (χ0v) is 12.2. The molecule has 0 spiro atoms. The lowest BCUT2D eigenvalue weighted by molar-refractivity contribution is 0.361. The first-order valence-electron chi connectivity index (χ1n) is 6.69. The van der Waals surface area contributed by atoms with Gasteiger partial charge in [-0.15, -0.1) is 0 Å². The van der Waals surface area contributed by atoms with Crippen LogP contribution in [0.2, 0.25) is 5.02 Å². The van der Waals surface area contributed by atoms with Gasteiger partial charge in [0.05, 0.1) is 5.02 Å². The van der Waals surface area contributed by atoms with Crippen molar-refractivity contribution in [2.75, 3.05) is 13.1 Å². The third-order valence-electron chi connectivity index (χ3n) is 3.26. The van der Waals surface area contributed by atoms with Gasteiger partial charge in [-0.25, -0.2) is 4.39 Å². The molecule has 18 heavy (non-hydrogen) atoms. The van der Waals surface area contributed by atoms with E-state index in [1.165, 1.54) is 6.07 Å². The van der Waals surface area contributed by atoms with Crippen molar-refractivity contribution < 1.29 is 4.39 Å². The van der Waals surface area contributed by atoms with Crippen molar-refractivity contribution >= 4 is 11.6 Å². The van der Waals surface area contributed by atoms with Gasteiger partial charge in [-0.2, -0.15) is 0 Å². The standard InChI is InChI=1S/C15H23ClFN/c1-4-7-18-10-13(11(2)3)8-12-5-6-15(17)14(16)9-12/h5-6,9,11,13,18H,4,7-8,10H2,1-3H3. The van der Waals surface area contributed by atoms with Gasteiger partial charge < -0.3 is 5.32 Å². The minimum Gasteiger partial charge on any atom is -0.316 e. The third kappa shape index (κ3) is 4.95. The second kappa shape index (κ2) is 7.75. The number of nitrogens with one attached hydrogen (secondary N) is 1. The highest BCUT2D eigenvalue weighted by Crippen LogP contribution is 2.21. The number of halogens is 2. The molecule has 1 atom stereocenters. The Morgan fingerprint density at radius 3 is 2.61 bits per heavy atom. The fraction of sp³-hybridized carbons (Fsp3) is 0.600. The number of benzene rings is 1. The molecule has 1 rings (SSSR count). The van der Waals surface area contributed by atoms with Crippen LogP contribution in [-0.4, -0.2) is 13.1 Å². The van der Waals surface area contributed by atoms with Gasteiger partial charge in [0.2, 0.25) is 0 Å². The van der Waals surface area contributed by atoms with Crippen molar-refractivity contribution in [3.8, 4) is 0 Å².